The van der Waals surface area contributed by atoms with Gasteiger partial charge in [0.05, 0.1) is 0 Å². The van der Waals surface area contributed by atoms with Crippen molar-refractivity contribution in [2.24, 2.45) is 0 Å². The van der Waals surface area contributed by atoms with Gasteiger partial charge in [0.2, 0.25) is 0 Å². The number of hydrogen-bond donors (Lipinski definition) is 0. The van der Waals surface area contributed by atoms with Gasteiger partial charge in [0.15, 0.2) is 0 Å². The van der Waals surface area contributed by atoms with Crippen molar-refractivity contribution in [2.45, 2.75) is 12.8 Å². The van der Waals surface area contributed by atoms with E-state index in [1.54, 1.807) is 0 Å². The first-order valence-electron chi connectivity index (χ1n) is 8.53. The Morgan fingerprint density at radius 3 is 1.46 bits per heavy atom. The summed E-state index contributed by atoms with van der Waals surface area (Å²) in [5.41, 5.74) is 7.68. The molecule has 0 atom stereocenters. The zero-order chi connectivity index (χ0) is 16.2. The van der Waals surface area contributed by atoms with Gasteiger partial charge >= 0.3 is 0 Å². The lowest BCUT2D eigenvalue weighted by Crippen LogP contribution is -1.86. The Morgan fingerprint density at radius 2 is 0.958 bits per heavy atom. The molecule has 0 unspecified atom stereocenters. The first kappa shape index (κ1) is 14.7. The van der Waals surface area contributed by atoms with E-state index in [1.807, 2.05) is 0 Å². The average molecular weight is 308 g/mol. The number of benzene rings is 3. The number of rotatable bonds is 3. The summed E-state index contributed by atoms with van der Waals surface area (Å²) in [5.74, 6) is 0. The summed E-state index contributed by atoms with van der Waals surface area (Å²) < 4.78 is 0. The predicted molar refractivity (Wildman–Crippen MR) is 104 cm³/mol. The lowest BCUT2D eigenvalue weighted by atomic mass is 9.96. The Hall–Kier alpha value is -2.86. The van der Waals surface area contributed by atoms with Crippen LogP contribution in [0.15, 0.2) is 97.1 Å². The summed E-state index contributed by atoms with van der Waals surface area (Å²) in [4.78, 5) is 0. The SMILES string of the molecule is C1=CC(c2ccc(-c3ccc(-c4ccccc4)cc3)cc2)=CCC1. The molecule has 0 aliphatic heterocycles. The van der Waals surface area contributed by atoms with E-state index < -0.39 is 0 Å². The van der Waals surface area contributed by atoms with E-state index in [9.17, 15) is 0 Å². The van der Waals surface area contributed by atoms with Gasteiger partial charge < -0.3 is 0 Å². The smallest absolute Gasteiger partial charge is 0.0184 e. The molecule has 0 radical (unpaired) electrons. The van der Waals surface area contributed by atoms with Crippen LogP contribution in [-0.4, -0.2) is 0 Å². The molecular formula is C24H20. The van der Waals surface area contributed by atoms with Crippen molar-refractivity contribution in [1.82, 2.24) is 0 Å². The second-order valence-electron chi connectivity index (χ2n) is 6.16. The summed E-state index contributed by atoms with van der Waals surface area (Å²) in [7, 11) is 0. The maximum atomic E-state index is 2.32. The van der Waals surface area contributed by atoms with E-state index in [-0.39, 0.29) is 0 Å². The maximum Gasteiger partial charge on any atom is -0.0184 e. The molecular weight excluding hydrogens is 288 g/mol. The van der Waals surface area contributed by atoms with Gasteiger partial charge in [0.1, 0.15) is 0 Å². The maximum absolute atomic E-state index is 2.32. The van der Waals surface area contributed by atoms with Crippen LogP contribution in [0.4, 0.5) is 0 Å². The zero-order valence-electron chi connectivity index (χ0n) is 13.7. The molecule has 0 spiro atoms. The first-order valence-corrected chi connectivity index (χ1v) is 8.53. The van der Waals surface area contributed by atoms with Gasteiger partial charge in [0.25, 0.3) is 0 Å². The highest BCUT2D eigenvalue weighted by Gasteiger charge is 2.03. The molecule has 116 valence electrons. The molecule has 0 amide bonds. The summed E-state index contributed by atoms with van der Waals surface area (Å²) in [6.07, 6.45) is 9.12. The van der Waals surface area contributed by atoms with Crippen LogP contribution in [0.25, 0.3) is 27.8 Å². The van der Waals surface area contributed by atoms with Crippen LogP contribution in [0.3, 0.4) is 0 Å². The quantitative estimate of drug-likeness (QED) is 0.502. The van der Waals surface area contributed by atoms with Crippen molar-refractivity contribution in [3.05, 3.63) is 103 Å². The summed E-state index contributed by atoms with van der Waals surface area (Å²) >= 11 is 0. The zero-order valence-corrected chi connectivity index (χ0v) is 13.7. The fourth-order valence-corrected chi connectivity index (χ4v) is 3.17. The molecule has 0 aromatic heterocycles. The standard InChI is InChI=1S/C24H20/c1-3-7-19(8-4-1)21-11-15-23(16-12-21)24-17-13-22(14-18-24)20-9-5-2-6-10-20/h1,3-5,7-18H,2,6H2. The van der Waals surface area contributed by atoms with Crippen LogP contribution in [0.1, 0.15) is 18.4 Å². The minimum absolute atomic E-state index is 1.15. The van der Waals surface area contributed by atoms with Crippen LogP contribution < -0.4 is 0 Å². The molecule has 0 N–H and O–H groups in total. The predicted octanol–water partition coefficient (Wildman–Crippen LogP) is 6.75. The molecule has 0 saturated carbocycles. The monoisotopic (exact) mass is 308 g/mol. The minimum atomic E-state index is 1.15. The Morgan fingerprint density at radius 1 is 0.458 bits per heavy atom. The second-order valence-corrected chi connectivity index (χ2v) is 6.16. The molecule has 1 aliphatic rings. The normalized spacial score (nSPS) is 13.6. The van der Waals surface area contributed by atoms with Gasteiger partial charge in [-0.1, -0.05) is 97.1 Å². The van der Waals surface area contributed by atoms with Crippen molar-refractivity contribution in [1.29, 1.82) is 0 Å². The highest BCUT2D eigenvalue weighted by atomic mass is 14.1. The Kier molecular flexibility index (Phi) is 4.12. The molecule has 3 aromatic rings. The van der Waals surface area contributed by atoms with Crippen LogP contribution in [-0.2, 0) is 0 Å². The van der Waals surface area contributed by atoms with E-state index in [1.165, 1.54) is 33.4 Å². The van der Waals surface area contributed by atoms with Crippen molar-refractivity contribution in [3.8, 4) is 22.3 Å². The molecule has 0 bridgehead atoms. The molecule has 0 nitrogen and oxygen atoms in total. The topological polar surface area (TPSA) is 0 Å². The highest BCUT2D eigenvalue weighted by Crippen LogP contribution is 2.27. The highest BCUT2D eigenvalue weighted by molar-refractivity contribution is 5.77. The molecule has 4 rings (SSSR count). The van der Waals surface area contributed by atoms with Gasteiger partial charge in [-0.15, -0.1) is 0 Å². The summed E-state index contributed by atoms with van der Waals surface area (Å²) in [5, 5.41) is 0. The van der Waals surface area contributed by atoms with Crippen LogP contribution in [0.5, 0.6) is 0 Å². The Balaban J connectivity index is 1.58. The van der Waals surface area contributed by atoms with Gasteiger partial charge in [-0.2, -0.15) is 0 Å². The largest absolute Gasteiger partial charge is 0.0836 e. The minimum Gasteiger partial charge on any atom is -0.0836 e. The van der Waals surface area contributed by atoms with Gasteiger partial charge in [-0.3, -0.25) is 0 Å². The van der Waals surface area contributed by atoms with Crippen LogP contribution in [0.2, 0.25) is 0 Å². The molecule has 0 heterocycles. The van der Waals surface area contributed by atoms with Crippen molar-refractivity contribution in [2.75, 3.05) is 0 Å². The van der Waals surface area contributed by atoms with E-state index in [0.717, 1.165) is 12.8 Å². The molecule has 0 fully saturated rings. The van der Waals surface area contributed by atoms with Crippen molar-refractivity contribution >= 4 is 5.57 Å². The fraction of sp³-hybridized carbons (Fsp3) is 0.0833. The molecule has 0 heteroatoms. The van der Waals surface area contributed by atoms with E-state index in [4.69, 9.17) is 0 Å². The van der Waals surface area contributed by atoms with Gasteiger partial charge in [0, 0.05) is 0 Å². The second kappa shape index (κ2) is 6.72. The average Bonchev–Trinajstić information content (AvgIpc) is 2.70. The molecule has 3 aromatic carbocycles. The van der Waals surface area contributed by atoms with Gasteiger partial charge in [-0.25, -0.2) is 0 Å². The molecule has 24 heavy (non-hydrogen) atoms. The molecule has 0 saturated heterocycles. The van der Waals surface area contributed by atoms with Crippen molar-refractivity contribution in [3.63, 3.8) is 0 Å². The first-order chi connectivity index (χ1) is 11.9. The summed E-state index contributed by atoms with van der Waals surface area (Å²) in [6.45, 7) is 0. The third kappa shape index (κ3) is 3.09. The number of allylic oxidation sites excluding steroid dienone is 4. The lowest BCUT2D eigenvalue weighted by molar-refractivity contribution is 1.04. The Labute approximate surface area is 143 Å². The van der Waals surface area contributed by atoms with E-state index in [0.29, 0.717) is 0 Å². The molecule has 1 aliphatic carbocycles. The van der Waals surface area contributed by atoms with E-state index >= 15 is 0 Å². The third-order valence-electron chi connectivity index (χ3n) is 4.54. The number of hydrogen-bond acceptors (Lipinski definition) is 0. The van der Waals surface area contributed by atoms with Gasteiger partial charge in [-0.05, 0) is 46.2 Å². The third-order valence-corrected chi connectivity index (χ3v) is 4.54. The van der Waals surface area contributed by atoms with Crippen LogP contribution in [0, 0.1) is 0 Å². The van der Waals surface area contributed by atoms with E-state index in [2.05, 4.69) is 97.1 Å². The van der Waals surface area contributed by atoms with Crippen molar-refractivity contribution < 1.29 is 0 Å². The lowest BCUT2D eigenvalue weighted by Gasteiger charge is -2.09. The fourth-order valence-electron chi connectivity index (χ4n) is 3.17. The Bertz CT molecular complexity index is 864. The summed E-state index contributed by atoms with van der Waals surface area (Å²) in [6, 6.07) is 28.2. The van der Waals surface area contributed by atoms with Crippen LogP contribution >= 0.6 is 0 Å².